The Balaban J connectivity index is 1.89. The summed E-state index contributed by atoms with van der Waals surface area (Å²) in [7, 11) is 1.95. The fourth-order valence-electron chi connectivity index (χ4n) is 1.81. The molecule has 0 amide bonds. The van der Waals surface area contributed by atoms with Crippen LogP contribution in [0.25, 0.3) is 0 Å². The molecule has 1 aromatic rings. The second-order valence-corrected chi connectivity index (χ2v) is 4.51. The molecule has 1 atom stereocenters. The molecule has 1 aliphatic rings. The van der Waals surface area contributed by atoms with Crippen molar-refractivity contribution in [3.8, 4) is 0 Å². The van der Waals surface area contributed by atoms with Gasteiger partial charge >= 0.3 is 5.97 Å². The van der Waals surface area contributed by atoms with Crippen molar-refractivity contribution in [3.63, 3.8) is 0 Å². The number of rotatable bonds is 3. The van der Waals surface area contributed by atoms with Gasteiger partial charge in [0.05, 0.1) is 0 Å². The van der Waals surface area contributed by atoms with E-state index in [-0.39, 0.29) is 5.97 Å². The maximum absolute atomic E-state index is 11.9. The Labute approximate surface area is 96.0 Å². The summed E-state index contributed by atoms with van der Waals surface area (Å²) < 4.78 is 5.32. The van der Waals surface area contributed by atoms with E-state index in [1.165, 1.54) is 0 Å². The number of benzene rings is 1. The van der Waals surface area contributed by atoms with Crippen LogP contribution in [0.5, 0.6) is 0 Å². The van der Waals surface area contributed by atoms with Crippen molar-refractivity contribution < 1.29 is 9.53 Å². The van der Waals surface area contributed by atoms with Gasteiger partial charge in [-0.25, -0.2) is 0 Å². The average molecular weight is 219 g/mol. The second-order valence-electron chi connectivity index (χ2n) is 4.51. The van der Waals surface area contributed by atoms with Crippen LogP contribution in [0.4, 0.5) is 0 Å². The SMILES string of the molecule is CN1CCC1(C)C(=O)OCc1ccccc1. The zero-order valence-corrected chi connectivity index (χ0v) is 9.77. The highest BCUT2D eigenvalue weighted by Crippen LogP contribution is 2.29. The van der Waals surface area contributed by atoms with Crippen molar-refractivity contribution >= 4 is 5.97 Å². The van der Waals surface area contributed by atoms with Crippen molar-refractivity contribution in [3.05, 3.63) is 35.9 Å². The first kappa shape index (κ1) is 11.1. The molecule has 3 nitrogen and oxygen atoms in total. The number of hydrogen-bond acceptors (Lipinski definition) is 3. The molecule has 0 N–H and O–H groups in total. The minimum absolute atomic E-state index is 0.120. The number of esters is 1. The van der Waals surface area contributed by atoms with Gasteiger partial charge in [-0.1, -0.05) is 30.3 Å². The lowest BCUT2D eigenvalue weighted by Crippen LogP contribution is -2.61. The van der Waals surface area contributed by atoms with Gasteiger partial charge in [0.2, 0.25) is 0 Å². The first-order valence-corrected chi connectivity index (χ1v) is 5.55. The molecule has 2 rings (SSSR count). The molecule has 0 saturated carbocycles. The van der Waals surface area contributed by atoms with Crippen molar-refractivity contribution in [1.82, 2.24) is 4.90 Å². The van der Waals surface area contributed by atoms with E-state index in [0.717, 1.165) is 18.5 Å². The van der Waals surface area contributed by atoms with Crippen LogP contribution in [-0.2, 0) is 16.1 Å². The van der Waals surface area contributed by atoms with E-state index in [9.17, 15) is 4.79 Å². The molecule has 3 heteroatoms. The summed E-state index contributed by atoms with van der Waals surface area (Å²) in [6.45, 7) is 3.27. The topological polar surface area (TPSA) is 29.5 Å². The number of likely N-dealkylation sites (tertiary alicyclic amines) is 1. The summed E-state index contributed by atoms with van der Waals surface area (Å²) in [6.07, 6.45) is 0.886. The summed E-state index contributed by atoms with van der Waals surface area (Å²) in [5.41, 5.74) is 0.621. The van der Waals surface area contributed by atoms with Gasteiger partial charge in [0.25, 0.3) is 0 Å². The Morgan fingerprint density at radius 2 is 2.12 bits per heavy atom. The van der Waals surface area contributed by atoms with Gasteiger partial charge < -0.3 is 4.74 Å². The number of ether oxygens (including phenoxy) is 1. The van der Waals surface area contributed by atoms with Crippen LogP contribution < -0.4 is 0 Å². The molecule has 0 aliphatic carbocycles. The largest absolute Gasteiger partial charge is 0.459 e. The van der Waals surface area contributed by atoms with Gasteiger partial charge in [-0.3, -0.25) is 9.69 Å². The number of carbonyl (C=O) groups is 1. The molecular formula is C13H17NO2. The molecule has 1 aliphatic heterocycles. The predicted molar refractivity (Wildman–Crippen MR) is 61.9 cm³/mol. The van der Waals surface area contributed by atoms with Crippen LogP contribution in [0.15, 0.2) is 30.3 Å². The van der Waals surface area contributed by atoms with Crippen molar-refractivity contribution in [2.45, 2.75) is 25.5 Å². The first-order chi connectivity index (χ1) is 7.63. The zero-order chi connectivity index (χ0) is 11.6. The molecule has 16 heavy (non-hydrogen) atoms. The van der Waals surface area contributed by atoms with Gasteiger partial charge in [-0.2, -0.15) is 0 Å². The second kappa shape index (κ2) is 4.26. The van der Waals surface area contributed by atoms with Gasteiger partial charge in [0, 0.05) is 6.54 Å². The minimum Gasteiger partial charge on any atom is -0.459 e. The summed E-state index contributed by atoms with van der Waals surface area (Å²) in [4.78, 5) is 13.9. The number of nitrogens with zero attached hydrogens (tertiary/aromatic N) is 1. The third-order valence-electron chi connectivity index (χ3n) is 3.43. The molecule has 1 heterocycles. The Morgan fingerprint density at radius 1 is 1.44 bits per heavy atom. The quantitative estimate of drug-likeness (QED) is 0.726. The third kappa shape index (κ3) is 1.95. The van der Waals surface area contributed by atoms with E-state index < -0.39 is 5.54 Å². The first-order valence-electron chi connectivity index (χ1n) is 5.55. The molecule has 1 fully saturated rings. The van der Waals surface area contributed by atoms with Gasteiger partial charge in [-0.05, 0) is 26.0 Å². The van der Waals surface area contributed by atoms with Crippen LogP contribution in [0.1, 0.15) is 18.9 Å². The smallest absolute Gasteiger partial charge is 0.326 e. The lowest BCUT2D eigenvalue weighted by Gasteiger charge is -2.45. The number of carbonyl (C=O) groups excluding carboxylic acids is 1. The highest BCUT2D eigenvalue weighted by molar-refractivity contribution is 5.81. The normalized spacial score (nSPS) is 24.9. The third-order valence-corrected chi connectivity index (χ3v) is 3.43. The van der Waals surface area contributed by atoms with Crippen LogP contribution in [0.2, 0.25) is 0 Å². The number of likely N-dealkylation sites (N-methyl/N-ethyl adjacent to an activating group) is 1. The standard InChI is InChI=1S/C13H17NO2/c1-13(8-9-14(13)2)12(15)16-10-11-6-4-3-5-7-11/h3-7H,8-10H2,1-2H3. The highest BCUT2D eigenvalue weighted by Gasteiger charge is 2.45. The molecule has 1 aromatic carbocycles. The van der Waals surface area contributed by atoms with Crippen molar-refractivity contribution in [2.24, 2.45) is 0 Å². The van der Waals surface area contributed by atoms with Gasteiger partial charge in [-0.15, -0.1) is 0 Å². The Hall–Kier alpha value is -1.35. The summed E-state index contributed by atoms with van der Waals surface area (Å²) >= 11 is 0. The Morgan fingerprint density at radius 3 is 2.62 bits per heavy atom. The molecule has 1 unspecified atom stereocenters. The Kier molecular flexibility index (Phi) is 2.97. The van der Waals surface area contributed by atoms with E-state index in [1.54, 1.807) is 0 Å². The molecular weight excluding hydrogens is 202 g/mol. The Bertz CT molecular complexity index is 377. The van der Waals surface area contributed by atoms with Gasteiger partial charge in [0.15, 0.2) is 0 Å². The molecule has 1 saturated heterocycles. The number of hydrogen-bond donors (Lipinski definition) is 0. The van der Waals surface area contributed by atoms with Gasteiger partial charge in [0.1, 0.15) is 12.1 Å². The van der Waals surface area contributed by atoms with Crippen molar-refractivity contribution in [2.75, 3.05) is 13.6 Å². The maximum Gasteiger partial charge on any atom is 0.326 e. The van der Waals surface area contributed by atoms with E-state index >= 15 is 0 Å². The van der Waals surface area contributed by atoms with E-state index in [4.69, 9.17) is 4.74 Å². The molecule has 0 aromatic heterocycles. The van der Waals surface area contributed by atoms with E-state index in [2.05, 4.69) is 0 Å². The summed E-state index contributed by atoms with van der Waals surface area (Å²) in [5.74, 6) is -0.120. The molecule has 0 spiro atoms. The lowest BCUT2D eigenvalue weighted by molar-refractivity contribution is -0.165. The highest BCUT2D eigenvalue weighted by atomic mass is 16.5. The fraction of sp³-hybridized carbons (Fsp3) is 0.462. The van der Waals surface area contributed by atoms with Crippen LogP contribution in [0.3, 0.4) is 0 Å². The summed E-state index contributed by atoms with van der Waals surface area (Å²) in [6, 6.07) is 9.76. The molecule has 0 bridgehead atoms. The summed E-state index contributed by atoms with van der Waals surface area (Å²) in [5, 5.41) is 0. The lowest BCUT2D eigenvalue weighted by atomic mass is 9.88. The zero-order valence-electron chi connectivity index (χ0n) is 9.77. The molecule has 86 valence electrons. The van der Waals surface area contributed by atoms with E-state index in [0.29, 0.717) is 6.61 Å². The maximum atomic E-state index is 11.9. The van der Waals surface area contributed by atoms with Crippen LogP contribution in [-0.4, -0.2) is 30.0 Å². The molecule has 0 radical (unpaired) electrons. The predicted octanol–water partition coefficient (Wildman–Crippen LogP) is 1.82. The minimum atomic E-state index is -0.408. The van der Waals surface area contributed by atoms with Crippen molar-refractivity contribution in [1.29, 1.82) is 0 Å². The monoisotopic (exact) mass is 219 g/mol. The van der Waals surface area contributed by atoms with Crippen LogP contribution in [0, 0.1) is 0 Å². The van der Waals surface area contributed by atoms with E-state index in [1.807, 2.05) is 49.2 Å². The fourth-order valence-corrected chi connectivity index (χ4v) is 1.81. The van der Waals surface area contributed by atoms with Crippen LogP contribution >= 0.6 is 0 Å². The average Bonchev–Trinajstić information content (AvgIpc) is 2.34.